The van der Waals surface area contributed by atoms with Crippen molar-refractivity contribution < 1.29 is 5.11 Å². The summed E-state index contributed by atoms with van der Waals surface area (Å²) in [5.41, 5.74) is 2.85. The molecule has 0 unspecified atom stereocenters. The fourth-order valence-electron chi connectivity index (χ4n) is 1.59. The highest BCUT2D eigenvalue weighted by Gasteiger charge is 2.07. The van der Waals surface area contributed by atoms with Crippen LogP contribution in [-0.2, 0) is 6.54 Å². The predicted octanol–water partition coefficient (Wildman–Crippen LogP) is 1.04. The Morgan fingerprint density at radius 2 is 2.21 bits per heavy atom. The van der Waals surface area contributed by atoms with Gasteiger partial charge in [0, 0.05) is 12.7 Å². The third-order valence-electron chi connectivity index (χ3n) is 2.24. The van der Waals surface area contributed by atoms with Crippen molar-refractivity contribution >= 4 is 11.2 Å². The summed E-state index contributed by atoms with van der Waals surface area (Å²) in [5, 5.41) is 8.90. The maximum atomic E-state index is 8.90. The van der Waals surface area contributed by atoms with Crippen LogP contribution in [0.5, 0.6) is 0 Å². The zero-order chi connectivity index (χ0) is 10.1. The zero-order valence-electron chi connectivity index (χ0n) is 8.36. The Bertz CT molecular complexity index is 462. The zero-order valence-corrected chi connectivity index (χ0v) is 8.36. The van der Waals surface area contributed by atoms with Gasteiger partial charge in [-0.15, -0.1) is 0 Å². The van der Waals surface area contributed by atoms with Gasteiger partial charge in [-0.25, -0.2) is 9.97 Å². The van der Waals surface area contributed by atoms with Crippen LogP contribution in [0.1, 0.15) is 11.4 Å². The molecule has 2 rings (SSSR count). The van der Waals surface area contributed by atoms with Gasteiger partial charge in [-0.2, -0.15) is 0 Å². The largest absolute Gasteiger partial charge is 0.395 e. The Morgan fingerprint density at radius 3 is 2.93 bits per heavy atom. The van der Waals surface area contributed by atoms with Crippen LogP contribution in [-0.4, -0.2) is 26.2 Å². The number of aliphatic hydroxyl groups is 1. The highest BCUT2D eigenvalue weighted by molar-refractivity contribution is 5.72. The number of imidazole rings is 1. The second-order valence-corrected chi connectivity index (χ2v) is 3.39. The number of pyridine rings is 1. The van der Waals surface area contributed by atoms with Crippen LogP contribution in [0.15, 0.2) is 12.3 Å². The molecule has 4 heteroatoms. The molecule has 0 radical (unpaired) electrons. The third-order valence-corrected chi connectivity index (χ3v) is 2.24. The molecule has 0 aliphatic heterocycles. The van der Waals surface area contributed by atoms with E-state index in [4.69, 9.17) is 5.11 Å². The standard InChI is InChI=1S/C10H13N3O/c1-7-5-9-10(11-6-7)13(3-4-14)8(2)12-9/h5-6,14H,3-4H2,1-2H3. The van der Waals surface area contributed by atoms with E-state index in [2.05, 4.69) is 9.97 Å². The van der Waals surface area contributed by atoms with Crippen molar-refractivity contribution in [2.45, 2.75) is 20.4 Å². The van der Waals surface area contributed by atoms with Gasteiger partial charge in [0.1, 0.15) is 11.3 Å². The number of aliphatic hydroxyl groups excluding tert-OH is 1. The van der Waals surface area contributed by atoms with Crippen molar-refractivity contribution in [1.82, 2.24) is 14.5 Å². The summed E-state index contributed by atoms with van der Waals surface area (Å²) >= 11 is 0. The Balaban J connectivity index is 2.64. The van der Waals surface area contributed by atoms with E-state index >= 15 is 0 Å². The minimum atomic E-state index is 0.113. The highest BCUT2D eigenvalue weighted by Crippen LogP contribution is 2.14. The molecule has 0 aliphatic carbocycles. The first kappa shape index (κ1) is 9.15. The van der Waals surface area contributed by atoms with E-state index in [-0.39, 0.29) is 6.61 Å². The molecule has 1 N–H and O–H groups in total. The van der Waals surface area contributed by atoms with Gasteiger partial charge >= 0.3 is 0 Å². The molecule has 0 atom stereocenters. The van der Waals surface area contributed by atoms with Crippen molar-refractivity contribution in [2.75, 3.05) is 6.61 Å². The van der Waals surface area contributed by atoms with Crippen molar-refractivity contribution in [3.05, 3.63) is 23.7 Å². The van der Waals surface area contributed by atoms with Gasteiger partial charge in [0.15, 0.2) is 5.65 Å². The molecule has 0 spiro atoms. The molecule has 0 fully saturated rings. The van der Waals surface area contributed by atoms with E-state index in [1.54, 1.807) is 0 Å². The average Bonchev–Trinajstić information content (AvgIpc) is 2.43. The maximum Gasteiger partial charge on any atom is 0.160 e. The number of aromatic nitrogens is 3. The van der Waals surface area contributed by atoms with Gasteiger partial charge in [0.2, 0.25) is 0 Å². The lowest BCUT2D eigenvalue weighted by Gasteiger charge is -2.02. The minimum Gasteiger partial charge on any atom is -0.395 e. The maximum absolute atomic E-state index is 8.90. The highest BCUT2D eigenvalue weighted by atomic mass is 16.3. The van der Waals surface area contributed by atoms with Crippen LogP contribution < -0.4 is 0 Å². The topological polar surface area (TPSA) is 50.9 Å². The summed E-state index contributed by atoms with van der Waals surface area (Å²) < 4.78 is 1.93. The first-order valence-corrected chi connectivity index (χ1v) is 4.62. The molecule has 0 bridgehead atoms. The number of hydrogen-bond acceptors (Lipinski definition) is 3. The van der Waals surface area contributed by atoms with Gasteiger partial charge in [0.05, 0.1) is 6.61 Å². The molecule has 0 aromatic carbocycles. The molecule has 0 saturated heterocycles. The van der Waals surface area contributed by atoms with Crippen LogP contribution in [0.2, 0.25) is 0 Å². The van der Waals surface area contributed by atoms with E-state index in [0.29, 0.717) is 6.54 Å². The number of hydrogen-bond donors (Lipinski definition) is 1. The monoisotopic (exact) mass is 191 g/mol. The molecule has 74 valence electrons. The van der Waals surface area contributed by atoms with E-state index < -0.39 is 0 Å². The van der Waals surface area contributed by atoms with Gasteiger partial charge in [-0.1, -0.05) is 0 Å². The fraction of sp³-hybridized carbons (Fsp3) is 0.400. The SMILES string of the molecule is Cc1cnc2c(c1)nc(C)n2CCO. The summed E-state index contributed by atoms with van der Waals surface area (Å²) in [6.45, 7) is 4.58. The van der Waals surface area contributed by atoms with Crippen molar-refractivity contribution in [3.8, 4) is 0 Å². The van der Waals surface area contributed by atoms with Crippen molar-refractivity contribution in [1.29, 1.82) is 0 Å². The number of nitrogens with zero attached hydrogens (tertiary/aromatic N) is 3. The average molecular weight is 191 g/mol. The molecular formula is C10H13N3O. The van der Waals surface area contributed by atoms with Crippen LogP contribution >= 0.6 is 0 Å². The van der Waals surface area contributed by atoms with Crippen molar-refractivity contribution in [3.63, 3.8) is 0 Å². The van der Waals surface area contributed by atoms with E-state index in [9.17, 15) is 0 Å². The first-order chi connectivity index (χ1) is 6.72. The third kappa shape index (κ3) is 1.37. The van der Waals surface area contributed by atoms with Crippen LogP contribution in [0.4, 0.5) is 0 Å². The smallest absolute Gasteiger partial charge is 0.160 e. The van der Waals surface area contributed by atoms with E-state index in [1.165, 1.54) is 0 Å². The Morgan fingerprint density at radius 1 is 1.43 bits per heavy atom. The molecular weight excluding hydrogens is 178 g/mol. The van der Waals surface area contributed by atoms with Gasteiger partial charge in [-0.05, 0) is 25.5 Å². The lowest BCUT2D eigenvalue weighted by atomic mass is 10.3. The molecule has 0 aliphatic rings. The molecule has 0 saturated carbocycles. The Labute approximate surface area is 82.2 Å². The molecule has 14 heavy (non-hydrogen) atoms. The number of aryl methyl sites for hydroxylation is 2. The Kier molecular flexibility index (Phi) is 2.21. The van der Waals surface area contributed by atoms with Crippen molar-refractivity contribution in [2.24, 2.45) is 0 Å². The summed E-state index contributed by atoms with van der Waals surface area (Å²) in [6, 6.07) is 2.00. The van der Waals surface area contributed by atoms with E-state index in [0.717, 1.165) is 22.6 Å². The first-order valence-electron chi connectivity index (χ1n) is 4.62. The molecule has 2 aromatic heterocycles. The number of fused-ring (bicyclic) bond motifs is 1. The van der Waals surface area contributed by atoms with Crippen LogP contribution in [0.25, 0.3) is 11.2 Å². The number of rotatable bonds is 2. The Hall–Kier alpha value is -1.42. The normalized spacial score (nSPS) is 11.1. The van der Waals surface area contributed by atoms with Gasteiger partial charge < -0.3 is 9.67 Å². The van der Waals surface area contributed by atoms with E-state index in [1.807, 2.05) is 30.7 Å². The summed E-state index contributed by atoms with van der Waals surface area (Å²) in [4.78, 5) is 8.69. The lowest BCUT2D eigenvalue weighted by Crippen LogP contribution is -2.04. The fourth-order valence-corrected chi connectivity index (χ4v) is 1.59. The molecule has 4 nitrogen and oxygen atoms in total. The quantitative estimate of drug-likeness (QED) is 0.771. The molecule has 0 amide bonds. The van der Waals surface area contributed by atoms with Crippen LogP contribution in [0, 0.1) is 13.8 Å². The molecule has 2 heterocycles. The van der Waals surface area contributed by atoms with Gasteiger partial charge in [-0.3, -0.25) is 0 Å². The van der Waals surface area contributed by atoms with Gasteiger partial charge in [0.25, 0.3) is 0 Å². The predicted molar refractivity (Wildman–Crippen MR) is 54.1 cm³/mol. The van der Waals surface area contributed by atoms with Crippen LogP contribution in [0.3, 0.4) is 0 Å². The second-order valence-electron chi connectivity index (χ2n) is 3.39. The summed E-state index contributed by atoms with van der Waals surface area (Å²) in [7, 11) is 0. The lowest BCUT2D eigenvalue weighted by molar-refractivity contribution is 0.276. The molecule has 2 aromatic rings. The minimum absolute atomic E-state index is 0.113. The second kappa shape index (κ2) is 3.38. The summed E-state index contributed by atoms with van der Waals surface area (Å²) in [6.07, 6.45) is 1.82. The summed E-state index contributed by atoms with van der Waals surface area (Å²) in [5.74, 6) is 0.896.